The van der Waals surface area contributed by atoms with Gasteiger partial charge in [-0.3, -0.25) is 14.5 Å². The van der Waals surface area contributed by atoms with E-state index in [2.05, 4.69) is 17.1 Å². The summed E-state index contributed by atoms with van der Waals surface area (Å²) in [4.78, 5) is 28.5. The van der Waals surface area contributed by atoms with Crippen molar-refractivity contribution >= 4 is 29.2 Å². The quantitative estimate of drug-likeness (QED) is 0.778. The number of aryl methyl sites for hydroxylation is 1. The maximum Gasteiger partial charge on any atom is 0.267 e. The second-order valence-corrected chi connectivity index (χ2v) is 9.17. The largest absolute Gasteiger partial charge is 0.506 e. The Balaban J connectivity index is 0.00000218. The molecule has 2 aromatic rings. The Morgan fingerprint density at radius 3 is 2.33 bits per heavy atom. The molecular formula is C23H30ClN3O3. The number of pyridine rings is 1. The van der Waals surface area contributed by atoms with Crippen molar-refractivity contribution in [3.8, 4) is 5.75 Å². The molecule has 3 heterocycles. The van der Waals surface area contributed by atoms with Crippen LogP contribution in [0.4, 0.5) is 0 Å². The molecule has 4 fully saturated rings. The summed E-state index contributed by atoms with van der Waals surface area (Å²) < 4.78 is 1.44. The van der Waals surface area contributed by atoms with Crippen LogP contribution in [0, 0.1) is 11.8 Å². The molecule has 2 N–H and O–H groups in total. The van der Waals surface area contributed by atoms with Gasteiger partial charge in [-0.15, -0.1) is 12.4 Å². The van der Waals surface area contributed by atoms with E-state index in [1.54, 1.807) is 25.2 Å². The van der Waals surface area contributed by atoms with Gasteiger partial charge in [-0.05, 0) is 62.5 Å². The Morgan fingerprint density at radius 2 is 1.73 bits per heavy atom. The van der Waals surface area contributed by atoms with Gasteiger partial charge in [0.15, 0.2) is 0 Å². The fourth-order valence-corrected chi connectivity index (χ4v) is 6.37. The third-order valence-corrected chi connectivity index (χ3v) is 7.48. The molecule has 2 aliphatic carbocycles. The highest BCUT2D eigenvalue weighted by Crippen LogP contribution is 2.49. The number of amides is 1. The number of aromatic hydroxyl groups is 1. The van der Waals surface area contributed by atoms with Crippen molar-refractivity contribution in [3.63, 3.8) is 0 Å². The maximum absolute atomic E-state index is 13.2. The van der Waals surface area contributed by atoms with Crippen molar-refractivity contribution in [2.75, 3.05) is 0 Å². The number of carbonyl (C=O) groups is 1. The Morgan fingerprint density at radius 1 is 1.13 bits per heavy atom. The van der Waals surface area contributed by atoms with E-state index in [1.807, 2.05) is 6.07 Å². The second kappa shape index (κ2) is 7.89. The molecule has 1 amide bonds. The van der Waals surface area contributed by atoms with E-state index in [-0.39, 0.29) is 29.9 Å². The van der Waals surface area contributed by atoms with E-state index >= 15 is 0 Å². The lowest BCUT2D eigenvalue weighted by molar-refractivity contribution is -0.0875. The number of hydrogen-bond donors (Lipinski definition) is 2. The molecule has 7 heteroatoms. The molecule has 2 saturated carbocycles. The topological polar surface area (TPSA) is 74.6 Å². The van der Waals surface area contributed by atoms with E-state index in [4.69, 9.17) is 0 Å². The highest BCUT2D eigenvalue weighted by molar-refractivity contribution is 6.02. The Bertz CT molecular complexity index is 1010. The van der Waals surface area contributed by atoms with Crippen LogP contribution in [0.5, 0.6) is 5.75 Å². The lowest BCUT2D eigenvalue weighted by atomic mass is 9.63. The van der Waals surface area contributed by atoms with Gasteiger partial charge in [-0.25, -0.2) is 0 Å². The molecule has 0 spiro atoms. The highest BCUT2D eigenvalue weighted by atomic mass is 35.5. The van der Waals surface area contributed by atoms with Crippen LogP contribution in [0.2, 0.25) is 0 Å². The van der Waals surface area contributed by atoms with Gasteiger partial charge in [0, 0.05) is 24.5 Å². The smallest absolute Gasteiger partial charge is 0.267 e. The fraction of sp³-hybridized carbons (Fsp3) is 0.565. The molecule has 1 aromatic carbocycles. The third-order valence-electron chi connectivity index (χ3n) is 7.48. The van der Waals surface area contributed by atoms with Gasteiger partial charge in [-0.2, -0.15) is 0 Å². The van der Waals surface area contributed by atoms with Crippen LogP contribution in [-0.4, -0.2) is 38.7 Å². The number of rotatable bonds is 4. The molecule has 1 atom stereocenters. The zero-order valence-corrected chi connectivity index (χ0v) is 18.3. The zero-order chi connectivity index (χ0) is 20.3. The number of nitrogens with zero attached hydrogens (tertiary/aromatic N) is 2. The predicted molar refractivity (Wildman–Crippen MR) is 119 cm³/mol. The van der Waals surface area contributed by atoms with E-state index in [9.17, 15) is 14.7 Å². The minimum atomic E-state index is -0.477. The van der Waals surface area contributed by atoms with Crippen LogP contribution in [0.3, 0.4) is 0 Å². The number of fused-ring (bicyclic) bond motifs is 1. The standard InChI is InChI=1S/C23H29N3O3.ClH/c1-3-19(26-15-9-13-8-14(11-15)12-16(26)10-13)24-22(28)20-21(27)17-6-4-5-7-18(17)25(2)23(20)29;/h4-7,13-16,19,27H,3,8-12H2,1-2H3,(H,24,28);1H. The number of nitrogens with one attached hydrogen (secondary N) is 1. The van der Waals surface area contributed by atoms with Crippen LogP contribution < -0.4 is 10.9 Å². The summed E-state index contributed by atoms with van der Waals surface area (Å²) in [6, 6.07) is 8.18. The van der Waals surface area contributed by atoms with Crippen LogP contribution in [0.15, 0.2) is 29.1 Å². The number of carbonyl (C=O) groups excluding carboxylic acids is 1. The van der Waals surface area contributed by atoms with Crippen molar-refractivity contribution in [1.82, 2.24) is 14.8 Å². The van der Waals surface area contributed by atoms with Gasteiger partial charge >= 0.3 is 0 Å². The maximum atomic E-state index is 13.2. The Labute approximate surface area is 182 Å². The average molecular weight is 432 g/mol. The normalized spacial score (nSPS) is 28.3. The summed E-state index contributed by atoms with van der Waals surface area (Å²) in [7, 11) is 1.64. The average Bonchev–Trinajstić information content (AvgIpc) is 2.70. The van der Waals surface area contributed by atoms with Gasteiger partial charge in [0.25, 0.3) is 11.5 Å². The van der Waals surface area contributed by atoms with Gasteiger partial charge in [0.05, 0.1) is 11.7 Å². The molecule has 4 bridgehead atoms. The lowest BCUT2D eigenvalue weighted by Gasteiger charge is -2.58. The number of halogens is 1. The second-order valence-electron chi connectivity index (χ2n) is 9.17. The predicted octanol–water partition coefficient (Wildman–Crippen LogP) is 3.39. The first-order valence-corrected chi connectivity index (χ1v) is 10.9. The Kier molecular flexibility index (Phi) is 5.58. The molecule has 2 aliphatic heterocycles. The highest BCUT2D eigenvalue weighted by Gasteiger charge is 2.49. The molecule has 2 saturated heterocycles. The molecule has 0 radical (unpaired) electrons. The summed E-state index contributed by atoms with van der Waals surface area (Å²) in [5.74, 6) is 0.989. The van der Waals surface area contributed by atoms with Gasteiger partial charge in [-0.1, -0.05) is 19.1 Å². The van der Waals surface area contributed by atoms with Crippen LogP contribution in [0.1, 0.15) is 55.8 Å². The first-order valence-electron chi connectivity index (χ1n) is 10.9. The van der Waals surface area contributed by atoms with Crippen LogP contribution in [0.25, 0.3) is 10.9 Å². The molecule has 1 unspecified atom stereocenters. The summed E-state index contributed by atoms with van der Waals surface area (Å²) in [5.41, 5.74) is -0.00770. The lowest BCUT2D eigenvalue weighted by Crippen LogP contribution is -2.64. The molecular weight excluding hydrogens is 402 g/mol. The number of hydrogen-bond acceptors (Lipinski definition) is 4. The number of piperidine rings is 2. The first-order chi connectivity index (χ1) is 14.0. The van der Waals surface area contributed by atoms with E-state index in [0.717, 1.165) is 18.3 Å². The SMILES string of the molecule is CCC(NC(=O)c1c(O)c2ccccc2n(C)c1=O)N1C2CC3CC(C2)CC1C3.Cl. The third kappa shape index (κ3) is 3.21. The van der Waals surface area contributed by atoms with Crippen LogP contribution in [-0.2, 0) is 7.05 Å². The van der Waals surface area contributed by atoms with Crippen molar-refractivity contribution in [3.05, 3.63) is 40.2 Å². The van der Waals surface area contributed by atoms with Gasteiger partial charge in [0.1, 0.15) is 11.3 Å². The minimum absolute atomic E-state index is 0. The van der Waals surface area contributed by atoms with Crippen molar-refractivity contribution in [2.45, 2.75) is 63.7 Å². The number of aromatic nitrogens is 1. The molecule has 30 heavy (non-hydrogen) atoms. The summed E-state index contributed by atoms with van der Waals surface area (Å²) >= 11 is 0. The Hall–Kier alpha value is -2.05. The molecule has 6 nitrogen and oxygen atoms in total. The fourth-order valence-electron chi connectivity index (χ4n) is 6.37. The molecule has 6 rings (SSSR count). The molecule has 1 aromatic heterocycles. The molecule has 162 valence electrons. The van der Waals surface area contributed by atoms with Gasteiger partial charge in [0.2, 0.25) is 0 Å². The van der Waals surface area contributed by atoms with Gasteiger partial charge < -0.3 is 15.0 Å². The summed E-state index contributed by atoms with van der Waals surface area (Å²) in [5, 5.41) is 14.3. The summed E-state index contributed by atoms with van der Waals surface area (Å²) in [6.07, 6.45) is 6.96. The number of para-hydroxylation sites is 1. The van der Waals surface area contributed by atoms with E-state index in [0.29, 0.717) is 23.0 Å². The monoisotopic (exact) mass is 431 g/mol. The molecule has 4 aliphatic rings. The zero-order valence-electron chi connectivity index (χ0n) is 17.5. The van der Waals surface area contributed by atoms with Crippen molar-refractivity contribution < 1.29 is 9.90 Å². The number of benzene rings is 1. The van der Waals surface area contributed by atoms with E-state index < -0.39 is 11.5 Å². The first kappa shape index (κ1) is 21.2. The van der Waals surface area contributed by atoms with E-state index in [1.165, 1.54) is 36.7 Å². The summed E-state index contributed by atoms with van der Waals surface area (Å²) in [6.45, 7) is 2.08. The van der Waals surface area contributed by atoms with Crippen LogP contribution >= 0.6 is 12.4 Å². The minimum Gasteiger partial charge on any atom is -0.506 e. The van der Waals surface area contributed by atoms with Crippen molar-refractivity contribution in [1.29, 1.82) is 0 Å². The van der Waals surface area contributed by atoms with Crippen molar-refractivity contribution in [2.24, 2.45) is 18.9 Å².